The molecule has 4 heteroatoms. The van der Waals surface area contributed by atoms with Gasteiger partial charge >= 0.3 is 0 Å². The van der Waals surface area contributed by atoms with E-state index < -0.39 is 5.41 Å². The van der Waals surface area contributed by atoms with Crippen LogP contribution < -0.4 is 5.73 Å². The van der Waals surface area contributed by atoms with E-state index in [1.54, 1.807) is 37.3 Å². The van der Waals surface area contributed by atoms with Crippen molar-refractivity contribution in [2.24, 2.45) is 0 Å². The zero-order chi connectivity index (χ0) is 14.0. The normalized spacial score (nSPS) is 13.6. The summed E-state index contributed by atoms with van der Waals surface area (Å²) >= 11 is 6.17. The highest BCUT2D eigenvalue weighted by molar-refractivity contribution is 6.31. The number of hydrogen-bond acceptors (Lipinski definition) is 2. The summed E-state index contributed by atoms with van der Waals surface area (Å²) in [6.07, 6.45) is 0. The van der Waals surface area contributed by atoms with Crippen LogP contribution >= 0.6 is 11.6 Å². The van der Waals surface area contributed by atoms with Gasteiger partial charge in [0, 0.05) is 10.7 Å². The maximum absolute atomic E-state index is 13.0. The average molecular weight is 275 g/mol. The molecule has 0 aromatic heterocycles. The first-order chi connectivity index (χ1) is 8.97. The van der Waals surface area contributed by atoms with Gasteiger partial charge in [0.2, 0.25) is 0 Å². The Labute approximate surface area is 116 Å². The number of halogens is 2. The molecule has 2 aromatic carbocycles. The second kappa shape index (κ2) is 4.91. The largest absolute Gasteiger partial charge is 0.399 e. The molecule has 0 amide bonds. The fraction of sp³-hybridized carbons (Fsp3) is 0.133. The fourth-order valence-electron chi connectivity index (χ4n) is 2.00. The van der Waals surface area contributed by atoms with Crippen LogP contribution in [0.3, 0.4) is 0 Å². The minimum atomic E-state index is -0.946. The van der Waals surface area contributed by atoms with Crippen molar-refractivity contribution in [2.75, 3.05) is 5.73 Å². The second-order valence-corrected chi connectivity index (χ2v) is 4.89. The summed E-state index contributed by atoms with van der Waals surface area (Å²) in [4.78, 5) is 0. The standard InChI is InChI=1S/C15H12ClFN2/c1-15(9-18,10-2-4-11(17)5-3-10)13-7-6-12(19)8-14(13)16/h2-8H,19H2,1H3. The second-order valence-electron chi connectivity index (χ2n) is 4.48. The number of nitrogens with zero attached hydrogens (tertiary/aromatic N) is 1. The lowest BCUT2D eigenvalue weighted by atomic mass is 9.77. The third-order valence-electron chi connectivity index (χ3n) is 3.18. The number of nitriles is 1. The van der Waals surface area contributed by atoms with Gasteiger partial charge in [-0.1, -0.05) is 29.8 Å². The van der Waals surface area contributed by atoms with E-state index in [1.807, 2.05) is 0 Å². The van der Waals surface area contributed by atoms with E-state index in [-0.39, 0.29) is 5.82 Å². The molecule has 0 aliphatic rings. The molecule has 0 heterocycles. The predicted molar refractivity (Wildman–Crippen MR) is 74.3 cm³/mol. The molecule has 2 nitrogen and oxygen atoms in total. The van der Waals surface area contributed by atoms with Gasteiger partial charge in [-0.05, 0) is 42.3 Å². The highest BCUT2D eigenvalue weighted by Gasteiger charge is 2.31. The summed E-state index contributed by atoms with van der Waals surface area (Å²) in [5.41, 5.74) is 6.58. The third-order valence-corrected chi connectivity index (χ3v) is 3.49. The molecule has 2 aromatic rings. The van der Waals surface area contributed by atoms with Crippen molar-refractivity contribution >= 4 is 17.3 Å². The van der Waals surface area contributed by atoms with Crippen molar-refractivity contribution in [3.63, 3.8) is 0 Å². The van der Waals surface area contributed by atoms with Crippen LogP contribution in [0.5, 0.6) is 0 Å². The highest BCUT2D eigenvalue weighted by atomic mass is 35.5. The Morgan fingerprint density at radius 2 is 1.84 bits per heavy atom. The van der Waals surface area contributed by atoms with Gasteiger partial charge in [-0.25, -0.2) is 4.39 Å². The molecule has 0 bridgehead atoms. The van der Waals surface area contributed by atoms with Crippen LogP contribution in [0.15, 0.2) is 42.5 Å². The van der Waals surface area contributed by atoms with E-state index in [2.05, 4.69) is 6.07 Å². The average Bonchev–Trinajstić information content (AvgIpc) is 2.38. The van der Waals surface area contributed by atoms with Crippen LogP contribution in [0.25, 0.3) is 0 Å². The number of benzene rings is 2. The molecule has 0 saturated heterocycles. The summed E-state index contributed by atoms with van der Waals surface area (Å²) < 4.78 is 13.0. The first kappa shape index (κ1) is 13.4. The quantitative estimate of drug-likeness (QED) is 0.845. The van der Waals surface area contributed by atoms with E-state index >= 15 is 0 Å². The van der Waals surface area contributed by atoms with E-state index in [4.69, 9.17) is 17.3 Å². The van der Waals surface area contributed by atoms with Crippen molar-refractivity contribution in [3.8, 4) is 6.07 Å². The Morgan fingerprint density at radius 3 is 2.37 bits per heavy atom. The smallest absolute Gasteiger partial charge is 0.123 e. The predicted octanol–water partition coefficient (Wildman–Crippen LogP) is 3.89. The minimum Gasteiger partial charge on any atom is -0.399 e. The number of nitrogen functional groups attached to an aromatic ring is 1. The zero-order valence-electron chi connectivity index (χ0n) is 10.3. The maximum atomic E-state index is 13.0. The molecule has 0 aliphatic heterocycles. The molecule has 1 atom stereocenters. The Kier molecular flexibility index (Phi) is 3.46. The fourth-order valence-corrected chi connectivity index (χ4v) is 2.38. The van der Waals surface area contributed by atoms with E-state index in [0.717, 1.165) is 0 Å². The summed E-state index contributed by atoms with van der Waals surface area (Å²) in [7, 11) is 0. The van der Waals surface area contributed by atoms with Gasteiger partial charge in [0.25, 0.3) is 0 Å². The van der Waals surface area contributed by atoms with Gasteiger partial charge in [0.1, 0.15) is 11.2 Å². The van der Waals surface area contributed by atoms with Gasteiger partial charge < -0.3 is 5.73 Å². The molecule has 0 aliphatic carbocycles. The Balaban J connectivity index is 2.60. The third kappa shape index (κ3) is 2.40. The molecule has 0 radical (unpaired) electrons. The first-order valence-electron chi connectivity index (χ1n) is 5.70. The van der Waals surface area contributed by atoms with E-state index in [0.29, 0.717) is 21.8 Å². The van der Waals surface area contributed by atoms with Gasteiger partial charge in [-0.3, -0.25) is 0 Å². The molecule has 0 saturated carbocycles. The highest BCUT2D eigenvalue weighted by Crippen LogP contribution is 2.36. The molecule has 2 N–H and O–H groups in total. The zero-order valence-corrected chi connectivity index (χ0v) is 11.1. The lowest BCUT2D eigenvalue weighted by molar-refractivity contribution is 0.624. The Hall–Kier alpha value is -2.05. The summed E-state index contributed by atoms with van der Waals surface area (Å²) in [5.74, 6) is -0.340. The summed E-state index contributed by atoms with van der Waals surface area (Å²) in [6, 6.07) is 13.1. The van der Waals surface area contributed by atoms with Gasteiger partial charge in [-0.2, -0.15) is 5.26 Å². The van der Waals surface area contributed by atoms with Crippen molar-refractivity contribution in [2.45, 2.75) is 12.3 Å². The monoisotopic (exact) mass is 274 g/mol. The Morgan fingerprint density at radius 1 is 1.21 bits per heavy atom. The van der Waals surface area contributed by atoms with Crippen LogP contribution in [-0.2, 0) is 5.41 Å². The van der Waals surface area contributed by atoms with Crippen LogP contribution in [0.4, 0.5) is 10.1 Å². The van der Waals surface area contributed by atoms with Crippen molar-refractivity contribution < 1.29 is 4.39 Å². The van der Waals surface area contributed by atoms with Crippen LogP contribution in [0.1, 0.15) is 18.1 Å². The van der Waals surface area contributed by atoms with Gasteiger partial charge in [-0.15, -0.1) is 0 Å². The van der Waals surface area contributed by atoms with E-state index in [9.17, 15) is 9.65 Å². The van der Waals surface area contributed by atoms with Gasteiger partial charge in [0.05, 0.1) is 6.07 Å². The van der Waals surface area contributed by atoms with Crippen molar-refractivity contribution in [1.82, 2.24) is 0 Å². The molecule has 0 fully saturated rings. The lowest BCUT2D eigenvalue weighted by Crippen LogP contribution is -2.21. The SMILES string of the molecule is CC(C#N)(c1ccc(F)cc1)c1ccc(N)cc1Cl. The topological polar surface area (TPSA) is 49.8 Å². The molecular weight excluding hydrogens is 263 g/mol. The molecule has 1 unspecified atom stereocenters. The maximum Gasteiger partial charge on any atom is 0.123 e. The number of anilines is 1. The van der Waals surface area contributed by atoms with Crippen LogP contribution in [0, 0.1) is 17.1 Å². The molecular formula is C15H12ClFN2. The summed E-state index contributed by atoms with van der Waals surface area (Å²) in [6.45, 7) is 1.75. The Bertz CT molecular complexity index is 646. The lowest BCUT2D eigenvalue weighted by Gasteiger charge is -2.24. The molecule has 2 rings (SSSR count). The van der Waals surface area contributed by atoms with E-state index in [1.165, 1.54) is 12.1 Å². The molecule has 96 valence electrons. The molecule has 0 spiro atoms. The molecule has 19 heavy (non-hydrogen) atoms. The van der Waals surface area contributed by atoms with Crippen molar-refractivity contribution in [1.29, 1.82) is 5.26 Å². The van der Waals surface area contributed by atoms with Crippen LogP contribution in [0.2, 0.25) is 5.02 Å². The van der Waals surface area contributed by atoms with Crippen molar-refractivity contribution in [3.05, 3.63) is 64.4 Å². The first-order valence-corrected chi connectivity index (χ1v) is 6.08. The number of nitrogens with two attached hydrogens (primary N) is 1. The number of hydrogen-bond donors (Lipinski definition) is 1. The minimum absolute atomic E-state index is 0.340. The van der Waals surface area contributed by atoms with Crippen LogP contribution in [-0.4, -0.2) is 0 Å². The summed E-state index contributed by atoms with van der Waals surface area (Å²) in [5, 5.41) is 9.95. The number of rotatable bonds is 2. The van der Waals surface area contributed by atoms with Gasteiger partial charge in [0.15, 0.2) is 0 Å².